The van der Waals surface area contributed by atoms with Crippen LogP contribution in [0.3, 0.4) is 0 Å². The van der Waals surface area contributed by atoms with Crippen LogP contribution in [0.25, 0.3) is 11.3 Å². The van der Waals surface area contributed by atoms with Crippen molar-refractivity contribution in [1.29, 1.82) is 0 Å². The molecule has 1 aromatic carbocycles. The summed E-state index contributed by atoms with van der Waals surface area (Å²) in [6.07, 6.45) is 4.56. The molecule has 1 saturated carbocycles. The van der Waals surface area contributed by atoms with Gasteiger partial charge < -0.3 is 20.6 Å². The molecule has 0 bridgehead atoms. The van der Waals surface area contributed by atoms with Crippen LogP contribution in [-0.2, 0) is 0 Å². The zero-order valence-corrected chi connectivity index (χ0v) is 13.3. The van der Waals surface area contributed by atoms with Gasteiger partial charge in [-0.25, -0.2) is 4.98 Å². The molecule has 0 radical (unpaired) electrons. The fraction of sp³-hybridized carbons (Fsp3) is 0.167. The number of anilines is 2. The minimum absolute atomic E-state index is 0.114. The highest BCUT2D eigenvalue weighted by Crippen LogP contribution is 2.45. The third-order valence-corrected chi connectivity index (χ3v) is 4.59. The van der Waals surface area contributed by atoms with Crippen molar-refractivity contribution in [3.63, 3.8) is 0 Å². The molecule has 2 atom stereocenters. The molecule has 1 aliphatic heterocycles. The van der Waals surface area contributed by atoms with Crippen LogP contribution in [0.2, 0.25) is 0 Å². The highest BCUT2D eigenvalue weighted by atomic mass is 16.1. The molecule has 1 fully saturated rings. The van der Waals surface area contributed by atoms with E-state index in [2.05, 4.69) is 19.9 Å². The number of nitrogens with zero attached hydrogens (tertiary/aromatic N) is 3. The summed E-state index contributed by atoms with van der Waals surface area (Å²) in [5.41, 5.74) is 9.25. The van der Waals surface area contributed by atoms with E-state index in [1.165, 1.54) is 6.07 Å². The number of rotatable bonds is 2. The van der Waals surface area contributed by atoms with Crippen LogP contribution in [0.15, 0.2) is 58.6 Å². The van der Waals surface area contributed by atoms with Gasteiger partial charge in [-0.1, -0.05) is 6.07 Å². The first-order chi connectivity index (χ1) is 12.2. The number of imidazole rings is 1. The second-order valence-electron chi connectivity index (χ2n) is 6.38. The molecule has 3 heterocycles. The summed E-state index contributed by atoms with van der Waals surface area (Å²) in [5, 5.41) is 3.34. The average molecular weight is 332 g/mol. The molecule has 7 nitrogen and oxygen atoms in total. The lowest BCUT2D eigenvalue weighted by Crippen LogP contribution is -2.24. The number of fused-ring (bicyclic) bond motifs is 3. The monoisotopic (exact) mass is 332 g/mol. The predicted octanol–water partition coefficient (Wildman–Crippen LogP) is 2.01. The van der Waals surface area contributed by atoms with Crippen LogP contribution in [-0.4, -0.2) is 26.4 Å². The number of nitrogens with one attached hydrogen (secondary N) is 2. The number of pyridine rings is 1. The number of amidine groups is 1. The van der Waals surface area contributed by atoms with Gasteiger partial charge in [0.25, 0.3) is 0 Å². The van der Waals surface area contributed by atoms with E-state index in [9.17, 15) is 4.79 Å². The molecular formula is C18H16N6O. The SMILES string of the molecule is Nc1cccc(NC2=NC3CC3n3c(-c4ccc(=O)[nH]c4)cnc32)c1. The molecule has 124 valence electrons. The smallest absolute Gasteiger partial charge is 0.247 e. The Bertz CT molecular complexity index is 1040. The van der Waals surface area contributed by atoms with E-state index in [4.69, 9.17) is 10.7 Å². The average Bonchev–Trinajstić information content (AvgIpc) is 3.23. The van der Waals surface area contributed by atoms with Gasteiger partial charge in [0, 0.05) is 29.2 Å². The molecule has 2 aliphatic rings. The number of nitrogen functional groups attached to an aromatic ring is 1. The van der Waals surface area contributed by atoms with E-state index in [-0.39, 0.29) is 11.6 Å². The third kappa shape index (κ3) is 2.32. The molecule has 3 aromatic rings. The number of aromatic amines is 1. The van der Waals surface area contributed by atoms with Gasteiger partial charge in [-0.05, 0) is 30.7 Å². The van der Waals surface area contributed by atoms with E-state index in [0.717, 1.165) is 35.0 Å². The first-order valence-corrected chi connectivity index (χ1v) is 8.16. The number of benzene rings is 1. The van der Waals surface area contributed by atoms with Crippen molar-refractivity contribution < 1.29 is 0 Å². The summed E-state index contributed by atoms with van der Waals surface area (Å²) in [6.45, 7) is 0. The maximum atomic E-state index is 11.3. The standard InChI is InChI=1S/C18H16N6O/c19-11-2-1-3-12(6-11)22-17-18-21-9-15(10-4-5-16(25)20-8-10)24(18)14-7-13(14)23-17/h1-6,8-9,13-14H,7,19H2,(H,20,25)(H,22,23). The Balaban J connectivity index is 1.56. The van der Waals surface area contributed by atoms with Crippen molar-refractivity contribution in [2.75, 3.05) is 11.1 Å². The van der Waals surface area contributed by atoms with Crippen LogP contribution in [0.1, 0.15) is 18.3 Å². The Hall–Kier alpha value is -3.35. The van der Waals surface area contributed by atoms with E-state index >= 15 is 0 Å². The molecule has 1 aliphatic carbocycles. The molecule has 4 N–H and O–H groups in total. The van der Waals surface area contributed by atoms with Crippen LogP contribution in [0, 0.1) is 0 Å². The minimum atomic E-state index is -0.114. The fourth-order valence-electron chi connectivity index (χ4n) is 3.31. The van der Waals surface area contributed by atoms with Crippen LogP contribution in [0.4, 0.5) is 11.4 Å². The first-order valence-electron chi connectivity index (χ1n) is 8.16. The lowest BCUT2D eigenvalue weighted by molar-refractivity contribution is 0.694. The lowest BCUT2D eigenvalue weighted by atomic mass is 10.2. The summed E-state index contributed by atoms with van der Waals surface area (Å²) < 4.78 is 2.21. The van der Waals surface area contributed by atoms with E-state index in [0.29, 0.717) is 11.7 Å². The normalized spacial score (nSPS) is 20.4. The van der Waals surface area contributed by atoms with E-state index in [1.807, 2.05) is 36.5 Å². The first kappa shape index (κ1) is 14.0. The van der Waals surface area contributed by atoms with Gasteiger partial charge in [0.1, 0.15) is 0 Å². The molecule has 0 amide bonds. The molecule has 2 aromatic heterocycles. The Kier molecular flexibility index (Phi) is 2.85. The zero-order valence-electron chi connectivity index (χ0n) is 13.3. The van der Waals surface area contributed by atoms with Gasteiger partial charge in [-0.3, -0.25) is 9.79 Å². The van der Waals surface area contributed by atoms with Crippen molar-refractivity contribution in [3.8, 4) is 11.3 Å². The minimum Gasteiger partial charge on any atom is -0.399 e. The summed E-state index contributed by atoms with van der Waals surface area (Å²) in [4.78, 5) is 23.4. The number of hydrogen-bond donors (Lipinski definition) is 3. The van der Waals surface area contributed by atoms with Gasteiger partial charge >= 0.3 is 0 Å². The van der Waals surface area contributed by atoms with Gasteiger partial charge in [-0.15, -0.1) is 0 Å². The van der Waals surface area contributed by atoms with Crippen molar-refractivity contribution in [2.45, 2.75) is 18.5 Å². The highest BCUT2D eigenvalue weighted by molar-refractivity contribution is 6.07. The summed E-state index contributed by atoms with van der Waals surface area (Å²) in [7, 11) is 0. The summed E-state index contributed by atoms with van der Waals surface area (Å²) >= 11 is 0. The van der Waals surface area contributed by atoms with Crippen LogP contribution in [0.5, 0.6) is 0 Å². The quantitative estimate of drug-likeness (QED) is 0.625. The highest BCUT2D eigenvalue weighted by Gasteiger charge is 2.45. The Labute approximate surface area is 143 Å². The number of hydrogen-bond acceptors (Lipinski definition) is 5. The number of nitrogens with two attached hydrogens (primary N) is 1. The maximum Gasteiger partial charge on any atom is 0.247 e. The van der Waals surface area contributed by atoms with Crippen molar-refractivity contribution >= 4 is 17.2 Å². The maximum absolute atomic E-state index is 11.3. The topological polar surface area (TPSA) is 101 Å². The number of H-pyrrole nitrogens is 1. The molecular weight excluding hydrogens is 316 g/mol. The van der Waals surface area contributed by atoms with E-state index in [1.54, 1.807) is 6.20 Å². The number of aliphatic imine (C=N–C) groups is 1. The zero-order chi connectivity index (χ0) is 17.0. The summed E-state index contributed by atoms with van der Waals surface area (Å²) in [5.74, 6) is 1.56. The van der Waals surface area contributed by atoms with Crippen LogP contribution < -0.4 is 16.6 Å². The molecule has 7 heteroatoms. The Morgan fingerprint density at radius 2 is 2.20 bits per heavy atom. The second-order valence-corrected chi connectivity index (χ2v) is 6.38. The fourth-order valence-corrected chi connectivity index (χ4v) is 3.31. The lowest BCUT2D eigenvalue weighted by Gasteiger charge is -2.18. The largest absolute Gasteiger partial charge is 0.399 e. The molecule has 0 saturated heterocycles. The second kappa shape index (κ2) is 5.07. The Morgan fingerprint density at radius 1 is 1.28 bits per heavy atom. The predicted molar refractivity (Wildman–Crippen MR) is 96.7 cm³/mol. The van der Waals surface area contributed by atoms with E-state index < -0.39 is 0 Å². The van der Waals surface area contributed by atoms with Crippen LogP contribution >= 0.6 is 0 Å². The summed E-state index contributed by atoms with van der Waals surface area (Å²) in [6, 6.07) is 11.5. The van der Waals surface area contributed by atoms with Gasteiger partial charge in [-0.2, -0.15) is 0 Å². The van der Waals surface area contributed by atoms with Crippen molar-refractivity contribution in [1.82, 2.24) is 14.5 Å². The van der Waals surface area contributed by atoms with Crippen molar-refractivity contribution in [3.05, 3.63) is 65.0 Å². The van der Waals surface area contributed by atoms with Gasteiger partial charge in [0.05, 0.1) is 24.0 Å². The third-order valence-electron chi connectivity index (χ3n) is 4.59. The Morgan fingerprint density at radius 3 is 3.00 bits per heavy atom. The molecule has 25 heavy (non-hydrogen) atoms. The van der Waals surface area contributed by atoms with Gasteiger partial charge in [0.2, 0.25) is 5.56 Å². The number of aromatic nitrogens is 3. The van der Waals surface area contributed by atoms with Crippen molar-refractivity contribution in [2.24, 2.45) is 4.99 Å². The molecule has 5 rings (SSSR count). The molecule has 2 unspecified atom stereocenters. The van der Waals surface area contributed by atoms with Gasteiger partial charge in [0.15, 0.2) is 11.7 Å². The molecule has 0 spiro atoms.